The predicted molar refractivity (Wildman–Crippen MR) is 147 cm³/mol. The monoisotopic (exact) mass is 525 g/mol. The topological polar surface area (TPSA) is 111 Å². The van der Waals surface area contributed by atoms with Gasteiger partial charge in [0.25, 0.3) is 5.91 Å². The molecule has 2 N–H and O–H groups in total. The molecule has 0 aliphatic rings. The molecule has 0 spiro atoms. The summed E-state index contributed by atoms with van der Waals surface area (Å²) in [7, 11) is 0. The van der Waals surface area contributed by atoms with E-state index in [4.69, 9.17) is 14.2 Å². The third-order valence-corrected chi connectivity index (χ3v) is 5.61. The van der Waals surface area contributed by atoms with Gasteiger partial charge in [0.1, 0.15) is 17.2 Å². The average Bonchev–Trinajstić information content (AvgIpc) is 3.46. The standard InChI is InChI=1S/C28H31N5O4.Na.H/c1-3-4-5-8-18-35-22-16-14-21(15-17-22)28(34)29-25-12-6-7-13-26(25)37-24-11-9-10-23(19-24)36-20(2)27-30-32-33-31-27;;/h6-7,9-17,19-20H,3-5,8,18H2,1-2H3,(H,29,34)(H,30,31,32,33);;. The number of unbranched alkanes of at least 4 members (excludes halogenated alkanes) is 3. The van der Waals surface area contributed by atoms with E-state index in [0.29, 0.717) is 40.9 Å². The van der Waals surface area contributed by atoms with Crippen LogP contribution in [0.4, 0.5) is 5.69 Å². The number of para-hydroxylation sites is 2. The van der Waals surface area contributed by atoms with Gasteiger partial charge in [0.15, 0.2) is 17.7 Å². The molecule has 1 unspecified atom stereocenters. The van der Waals surface area contributed by atoms with Crippen molar-refractivity contribution in [2.75, 3.05) is 11.9 Å². The van der Waals surface area contributed by atoms with E-state index in [1.165, 1.54) is 12.8 Å². The number of anilines is 1. The van der Waals surface area contributed by atoms with Crippen molar-refractivity contribution >= 4 is 41.2 Å². The molecule has 1 aromatic heterocycles. The van der Waals surface area contributed by atoms with Gasteiger partial charge in [0.05, 0.1) is 12.3 Å². The Morgan fingerprint density at radius 2 is 1.74 bits per heavy atom. The SMILES string of the molecule is CCCCCCOc1ccc(C(=O)Nc2ccccc2Oc2cccc(OC(C)c3nnn[nH]3)c2)cc1.[NaH]. The first-order valence-electron chi connectivity index (χ1n) is 12.4. The summed E-state index contributed by atoms with van der Waals surface area (Å²) in [4.78, 5) is 12.9. The van der Waals surface area contributed by atoms with Crippen LogP contribution >= 0.6 is 0 Å². The van der Waals surface area contributed by atoms with Gasteiger partial charge >= 0.3 is 29.6 Å². The summed E-state index contributed by atoms with van der Waals surface area (Å²) in [5.41, 5.74) is 1.08. The first-order valence-corrected chi connectivity index (χ1v) is 12.4. The molecule has 9 nitrogen and oxygen atoms in total. The summed E-state index contributed by atoms with van der Waals surface area (Å²) in [6.07, 6.45) is 4.23. The molecule has 194 valence electrons. The van der Waals surface area contributed by atoms with Crippen LogP contribution in [-0.2, 0) is 0 Å². The second-order valence-electron chi connectivity index (χ2n) is 8.51. The van der Waals surface area contributed by atoms with Crippen LogP contribution in [0.1, 0.15) is 61.8 Å². The Labute approximate surface area is 244 Å². The van der Waals surface area contributed by atoms with E-state index >= 15 is 0 Å². The van der Waals surface area contributed by atoms with Crippen molar-refractivity contribution < 1.29 is 19.0 Å². The van der Waals surface area contributed by atoms with Crippen LogP contribution in [0.25, 0.3) is 0 Å². The summed E-state index contributed by atoms with van der Waals surface area (Å²) < 4.78 is 17.8. The van der Waals surface area contributed by atoms with Gasteiger partial charge in [-0.3, -0.25) is 4.79 Å². The molecule has 4 rings (SSSR count). The van der Waals surface area contributed by atoms with E-state index in [2.05, 4.69) is 32.9 Å². The number of carbonyl (C=O) groups excluding carboxylic acids is 1. The van der Waals surface area contributed by atoms with Crippen molar-refractivity contribution in [3.05, 3.63) is 84.2 Å². The number of ether oxygens (including phenoxy) is 3. The summed E-state index contributed by atoms with van der Waals surface area (Å²) in [5.74, 6) is 2.70. The number of hydrogen-bond acceptors (Lipinski definition) is 7. The second kappa shape index (κ2) is 15.1. The minimum atomic E-state index is -0.366. The number of hydrogen-bond donors (Lipinski definition) is 2. The van der Waals surface area contributed by atoms with Crippen molar-refractivity contribution in [3.63, 3.8) is 0 Å². The predicted octanol–water partition coefficient (Wildman–Crippen LogP) is 5.69. The molecule has 0 saturated heterocycles. The Hall–Kier alpha value is -3.40. The molecule has 1 amide bonds. The molecule has 4 aromatic rings. The molecule has 10 heteroatoms. The number of aromatic amines is 1. The molecule has 1 atom stereocenters. The maximum absolute atomic E-state index is 12.9. The molecule has 0 saturated carbocycles. The van der Waals surface area contributed by atoms with Gasteiger partial charge < -0.3 is 19.5 Å². The van der Waals surface area contributed by atoms with Crippen molar-refractivity contribution in [3.8, 4) is 23.0 Å². The van der Waals surface area contributed by atoms with Crippen molar-refractivity contribution in [2.45, 2.75) is 45.6 Å². The number of nitrogens with zero attached hydrogens (tertiary/aromatic N) is 3. The molecule has 0 bridgehead atoms. The van der Waals surface area contributed by atoms with Gasteiger partial charge in [-0.1, -0.05) is 44.4 Å². The summed E-state index contributed by atoms with van der Waals surface area (Å²) in [6.45, 7) is 4.70. The first kappa shape index (κ1) is 29.2. The summed E-state index contributed by atoms with van der Waals surface area (Å²) >= 11 is 0. The zero-order valence-electron chi connectivity index (χ0n) is 21.0. The van der Waals surface area contributed by atoms with Crippen molar-refractivity contribution in [2.24, 2.45) is 0 Å². The zero-order valence-corrected chi connectivity index (χ0v) is 21.0. The molecule has 3 aromatic carbocycles. The second-order valence-corrected chi connectivity index (χ2v) is 8.51. The number of H-pyrrole nitrogens is 1. The maximum atomic E-state index is 12.9. The average molecular weight is 526 g/mol. The number of carbonyl (C=O) groups is 1. The van der Waals surface area contributed by atoms with E-state index in [0.717, 1.165) is 18.6 Å². The molecule has 0 aliphatic heterocycles. The summed E-state index contributed by atoms with van der Waals surface area (Å²) in [6, 6.07) is 21.6. The normalized spacial score (nSPS) is 11.2. The Morgan fingerprint density at radius 1 is 0.947 bits per heavy atom. The van der Waals surface area contributed by atoms with Gasteiger partial charge in [-0.05, 0) is 72.3 Å². The molecule has 0 fully saturated rings. The van der Waals surface area contributed by atoms with Crippen molar-refractivity contribution in [1.82, 2.24) is 20.6 Å². The molecule has 0 aliphatic carbocycles. The van der Waals surface area contributed by atoms with Gasteiger partial charge in [0.2, 0.25) is 0 Å². The first-order chi connectivity index (χ1) is 18.1. The number of amides is 1. The number of aromatic nitrogens is 4. The fourth-order valence-corrected chi connectivity index (χ4v) is 3.61. The third-order valence-electron chi connectivity index (χ3n) is 5.61. The van der Waals surface area contributed by atoms with E-state index in [9.17, 15) is 4.79 Å². The van der Waals surface area contributed by atoms with E-state index in [1.807, 2.05) is 49.4 Å². The molecule has 0 radical (unpaired) electrons. The summed E-state index contributed by atoms with van der Waals surface area (Å²) in [5, 5.41) is 16.6. The van der Waals surface area contributed by atoms with Crippen LogP contribution in [0.2, 0.25) is 0 Å². The number of tetrazole rings is 1. The van der Waals surface area contributed by atoms with Crippen molar-refractivity contribution in [1.29, 1.82) is 0 Å². The quantitative estimate of drug-likeness (QED) is 0.170. The Kier molecular flexibility index (Phi) is 11.6. The van der Waals surface area contributed by atoms with Crippen LogP contribution in [0.3, 0.4) is 0 Å². The number of benzene rings is 3. The molecule has 38 heavy (non-hydrogen) atoms. The van der Waals surface area contributed by atoms with Gasteiger partial charge in [-0.2, -0.15) is 0 Å². The molecular formula is C28H32N5NaO4. The van der Waals surface area contributed by atoms with Gasteiger partial charge in [-0.25, -0.2) is 5.10 Å². The third kappa shape index (κ3) is 8.58. The van der Waals surface area contributed by atoms with Crippen LogP contribution in [0.15, 0.2) is 72.8 Å². The van der Waals surface area contributed by atoms with Crippen LogP contribution in [0.5, 0.6) is 23.0 Å². The van der Waals surface area contributed by atoms with Crippen LogP contribution < -0.4 is 19.5 Å². The van der Waals surface area contributed by atoms with Crippen LogP contribution in [0, 0.1) is 0 Å². The Bertz CT molecular complexity index is 1270. The Morgan fingerprint density at radius 3 is 2.50 bits per heavy atom. The molecule has 1 heterocycles. The minimum absolute atomic E-state index is 0. The number of nitrogens with one attached hydrogen (secondary N) is 2. The van der Waals surface area contributed by atoms with E-state index in [1.54, 1.807) is 30.3 Å². The zero-order chi connectivity index (χ0) is 25.9. The van der Waals surface area contributed by atoms with E-state index in [-0.39, 0.29) is 41.6 Å². The fraction of sp³-hybridized carbons (Fsp3) is 0.286. The van der Waals surface area contributed by atoms with Gasteiger partial charge in [0, 0.05) is 11.6 Å². The fourth-order valence-electron chi connectivity index (χ4n) is 3.61. The van der Waals surface area contributed by atoms with Gasteiger partial charge in [-0.15, -0.1) is 5.10 Å². The van der Waals surface area contributed by atoms with Crippen LogP contribution in [-0.4, -0.2) is 62.7 Å². The molecular weight excluding hydrogens is 493 g/mol. The Balaban J connectivity index is 0.00000400. The van der Waals surface area contributed by atoms with E-state index < -0.39 is 0 Å². The number of rotatable bonds is 13.